The zero-order valence-electron chi connectivity index (χ0n) is 16.0. The fraction of sp³-hybridized carbons (Fsp3) is 0.579. The summed E-state index contributed by atoms with van der Waals surface area (Å²) in [4.78, 5) is 20.6. The number of rotatable bonds is 3. The Hall–Kier alpha value is -2.38. The molecule has 3 rings (SSSR count). The Morgan fingerprint density at radius 2 is 2.11 bits per heavy atom. The molecule has 1 amide bonds. The van der Waals surface area contributed by atoms with E-state index in [4.69, 9.17) is 4.74 Å². The summed E-state index contributed by atoms with van der Waals surface area (Å²) < 4.78 is 32.4. The third-order valence-electron chi connectivity index (χ3n) is 4.54. The van der Waals surface area contributed by atoms with Gasteiger partial charge in [-0.1, -0.05) is 0 Å². The summed E-state index contributed by atoms with van der Waals surface area (Å²) in [5.74, 6) is -0.0981. The average Bonchev–Trinajstić information content (AvgIpc) is 2.99. The molecule has 0 saturated carbocycles. The van der Waals surface area contributed by atoms with Crippen molar-refractivity contribution in [3.63, 3.8) is 0 Å². The van der Waals surface area contributed by atoms with Crippen LogP contribution in [0.3, 0.4) is 0 Å². The number of piperazine rings is 1. The van der Waals surface area contributed by atoms with Gasteiger partial charge in [0.1, 0.15) is 17.2 Å². The molecule has 27 heavy (non-hydrogen) atoms. The molecule has 0 aliphatic carbocycles. The number of nitrogens with one attached hydrogen (secondary N) is 1. The van der Waals surface area contributed by atoms with E-state index < -0.39 is 17.2 Å². The van der Waals surface area contributed by atoms with Gasteiger partial charge < -0.3 is 19.9 Å². The maximum absolute atomic E-state index is 13.7. The van der Waals surface area contributed by atoms with Crippen LogP contribution in [0.2, 0.25) is 0 Å². The minimum Gasteiger partial charge on any atom is -0.444 e. The molecule has 0 radical (unpaired) electrons. The lowest BCUT2D eigenvalue weighted by Gasteiger charge is -2.39. The van der Waals surface area contributed by atoms with E-state index in [9.17, 15) is 13.6 Å². The van der Waals surface area contributed by atoms with E-state index in [2.05, 4.69) is 15.2 Å². The highest BCUT2D eigenvalue weighted by Gasteiger charge is 2.36. The highest BCUT2D eigenvalue weighted by Crippen LogP contribution is 2.18. The van der Waals surface area contributed by atoms with E-state index in [-0.39, 0.29) is 12.1 Å². The number of ether oxygens (including phenoxy) is 1. The second-order valence-electron chi connectivity index (χ2n) is 7.85. The van der Waals surface area contributed by atoms with Crippen molar-refractivity contribution in [2.24, 2.45) is 4.99 Å². The maximum Gasteiger partial charge on any atom is 0.410 e. The smallest absolute Gasteiger partial charge is 0.410 e. The zero-order chi connectivity index (χ0) is 19.6. The van der Waals surface area contributed by atoms with Crippen LogP contribution in [0.25, 0.3) is 0 Å². The van der Waals surface area contributed by atoms with Crippen molar-refractivity contribution in [1.82, 2.24) is 15.1 Å². The van der Waals surface area contributed by atoms with Crippen LogP contribution in [0.4, 0.5) is 13.6 Å². The molecule has 2 heterocycles. The number of aliphatic imine (C=N–C) groups is 1. The molecular formula is C19H26F2N4O2. The Labute approximate surface area is 158 Å². The number of amides is 1. The van der Waals surface area contributed by atoms with Gasteiger partial charge in [-0.05, 0) is 51.0 Å². The molecule has 0 spiro atoms. The number of nitrogens with zero attached hydrogens (tertiary/aromatic N) is 3. The fourth-order valence-corrected chi connectivity index (χ4v) is 3.27. The number of carbonyl (C=O) groups excluding carboxylic acids is 1. The summed E-state index contributed by atoms with van der Waals surface area (Å²) in [6.45, 7) is 8.38. The molecule has 1 saturated heterocycles. The van der Waals surface area contributed by atoms with Crippen molar-refractivity contribution >= 4 is 12.1 Å². The Morgan fingerprint density at radius 3 is 2.85 bits per heavy atom. The third-order valence-corrected chi connectivity index (χ3v) is 4.54. The number of hydrogen-bond donors (Lipinski definition) is 1. The van der Waals surface area contributed by atoms with Gasteiger partial charge in [-0.25, -0.2) is 13.6 Å². The summed E-state index contributed by atoms with van der Waals surface area (Å²) in [6.07, 6.45) is 0.0654. The predicted molar refractivity (Wildman–Crippen MR) is 98.7 cm³/mol. The molecule has 1 aromatic carbocycles. The van der Waals surface area contributed by atoms with Crippen LogP contribution in [0, 0.1) is 11.6 Å². The molecule has 148 valence electrons. The second kappa shape index (κ2) is 7.70. The highest BCUT2D eigenvalue weighted by molar-refractivity contribution is 5.82. The van der Waals surface area contributed by atoms with Crippen LogP contribution in [-0.4, -0.2) is 66.2 Å². The van der Waals surface area contributed by atoms with E-state index in [1.807, 2.05) is 20.8 Å². The summed E-state index contributed by atoms with van der Waals surface area (Å²) in [5.41, 5.74) is -0.174. The molecule has 0 bridgehead atoms. The topological polar surface area (TPSA) is 57.2 Å². The predicted octanol–water partition coefficient (Wildman–Crippen LogP) is 2.39. The number of guanidine groups is 1. The van der Waals surface area contributed by atoms with Crippen LogP contribution in [-0.2, 0) is 11.2 Å². The van der Waals surface area contributed by atoms with Gasteiger partial charge in [0.2, 0.25) is 0 Å². The van der Waals surface area contributed by atoms with Gasteiger partial charge in [0.15, 0.2) is 5.96 Å². The molecule has 2 aliphatic heterocycles. The summed E-state index contributed by atoms with van der Waals surface area (Å²) in [5, 5.41) is 3.21. The lowest BCUT2D eigenvalue weighted by molar-refractivity contribution is 0.0137. The Morgan fingerprint density at radius 1 is 1.33 bits per heavy atom. The van der Waals surface area contributed by atoms with E-state index in [0.29, 0.717) is 44.7 Å². The number of halogens is 2. The van der Waals surface area contributed by atoms with Gasteiger partial charge >= 0.3 is 6.09 Å². The summed E-state index contributed by atoms with van der Waals surface area (Å²) >= 11 is 0. The summed E-state index contributed by atoms with van der Waals surface area (Å²) in [7, 11) is 0. The Kier molecular flexibility index (Phi) is 5.53. The first-order valence-corrected chi connectivity index (χ1v) is 9.20. The maximum atomic E-state index is 13.7. The lowest BCUT2D eigenvalue weighted by atomic mass is 10.1. The normalized spacial score (nSPS) is 19.6. The van der Waals surface area contributed by atoms with Gasteiger partial charge in [-0.3, -0.25) is 4.99 Å². The zero-order valence-corrected chi connectivity index (χ0v) is 16.0. The van der Waals surface area contributed by atoms with Gasteiger partial charge in [0, 0.05) is 26.2 Å². The van der Waals surface area contributed by atoms with Crippen LogP contribution in [0.15, 0.2) is 23.2 Å². The number of hydrogen-bond acceptors (Lipinski definition) is 5. The van der Waals surface area contributed by atoms with Crippen molar-refractivity contribution in [2.45, 2.75) is 38.8 Å². The Balaban J connectivity index is 1.49. The lowest BCUT2D eigenvalue weighted by Crippen LogP contribution is -2.57. The standard InChI is InChI=1S/C19H26F2N4O2/c1-19(2,3)27-18(26)24-8-9-25-15(12-24)11-23-17(25)22-7-6-13-10-14(20)4-5-16(13)21/h4-5,10,15H,6-9,11-12H2,1-3H3,(H,22,23). The largest absolute Gasteiger partial charge is 0.444 e. The van der Waals surface area contributed by atoms with Crippen LogP contribution < -0.4 is 5.32 Å². The van der Waals surface area contributed by atoms with E-state index >= 15 is 0 Å². The van der Waals surface area contributed by atoms with Crippen molar-refractivity contribution < 1.29 is 18.3 Å². The van der Waals surface area contributed by atoms with Gasteiger partial charge in [-0.2, -0.15) is 0 Å². The average molecular weight is 380 g/mol. The minimum absolute atomic E-state index is 0.111. The molecule has 6 nitrogen and oxygen atoms in total. The molecule has 1 N–H and O–H groups in total. The monoisotopic (exact) mass is 380 g/mol. The van der Waals surface area contributed by atoms with Crippen LogP contribution in [0.1, 0.15) is 26.3 Å². The SMILES string of the molecule is CC(C)(C)OC(=O)N1CCN2C(NCCc3cc(F)ccc3F)=NCC2C1. The molecule has 2 aliphatic rings. The summed E-state index contributed by atoms with van der Waals surface area (Å²) in [6, 6.07) is 3.58. The highest BCUT2D eigenvalue weighted by atomic mass is 19.1. The van der Waals surface area contributed by atoms with Crippen molar-refractivity contribution in [3.05, 3.63) is 35.4 Å². The molecule has 1 aromatic rings. The van der Waals surface area contributed by atoms with Crippen molar-refractivity contribution in [3.8, 4) is 0 Å². The first-order chi connectivity index (χ1) is 12.7. The van der Waals surface area contributed by atoms with Crippen molar-refractivity contribution in [2.75, 3.05) is 32.7 Å². The second-order valence-corrected chi connectivity index (χ2v) is 7.85. The third kappa shape index (κ3) is 4.87. The first kappa shape index (κ1) is 19.4. The van der Waals surface area contributed by atoms with E-state index in [1.54, 1.807) is 4.90 Å². The van der Waals surface area contributed by atoms with E-state index in [1.165, 1.54) is 6.07 Å². The molecule has 1 unspecified atom stereocenters. The first-order valence-electron chi connectivity index (χ1n) is 9.20. The number of carbonyl (C=O) groups is 1. The van der Waals surface area contributed by atoms with E-state index in [0.717, 1.165) is 18.1 Å². The van der Waals surface area contributed by atoms with Crippen LogP contribution in [0.5, 0.6) is 0 Å². The number of fused-ring (bicyclic) bond motifs is 1. The molecule has 8 heteroatoms. The Bertz CT molecular complexity index is 733. The molecule has 1 fully saturated rings. The van der Waals surface area contributed by atoms with Crippen molar-refractivity contribution in [1.29, 1.82) is 0 Å². The van der Waals surface area contributed by atoms with Gasteiger partial charge in [-0.15, -0.1) is 0 Å². The minimum atomic E-state index is -0.515. The quantitative estimate of drug-likeness (QED) is 0.875. The van der Waals surface area contributed by atoms with Crippen LogP contribution >= 0.6 is 0 Å². The molecule has 0 aromatic heterocycles. The molecule has 1 atom stereocenters. The molecular weight excluding hydrogens is 354 g/mol. The van der Waals surface area contributed by atoms with Gasteiger partial charge in [0.05, 0.1) is 12.6 Å². The fourth-order valence-electron chi connectivity index (χ4n) is 3.27. The van der Waals surface area contributed by atoms with Gasteiger partial charge in [0.25, 0.3) is 0 Å². The number of benzene rings is 1.